The summed E-state index contributed by atoms with van der Waals surface area (Å²) in [6.07, 6.45) is 4.98. The Kier molecular flexibility index (Phi) is 5.94. The topological polar surface area (TPSA) is 67.8 Å². The molecule has 0 saturated heterocycles. The van der Waals surface area contributed by atoms with Crippen LogP contribution in [0.4, 0.5) is 4.39 Å². The zero-order valence-electron chi connectivity index (χ0n) is 16.3. The number of benzene rings is 1. The van der Waals surface area contributed by atoms with Crippen molar-refractivity contribution in [3.8, 4) is 11.5 Å². The average Bonchev–Trinajstić information content (AvgIpc) is 2.58. The minimum Gasteiger partial charge on any atom is -0.493 e. The normalized spacial score (nSPS) is 28.2. The van der Waals surface area contributed by atoms with Gasteiger partial charge in [0.2, 0.25) is 5.91 Å². The van der Waals surface area contributed by atoms with Crippen molar-refractivity contribution in [2.75, 3.05) is 7.11 Å². The van der Waals surface area contributed by atoms with E-state index in [0.717, 1.165) is 25.7 Å². The minimum absolute atomic E-state index is 0.0338. The van der Waals surface area contributed by atoms with E-state index in [1.54, 1.807) is 6.07 Å². The molecule has 1 aromatic rings. The monoisotopic (exact) mass is 379 g/mol. The molecular formula is C21H30FNO4. The molecule has 2 aliphatic carbocycles. The molecule has 6 heteroatoms. The number of carbonyl (C=O) groups excluding carboxylic acids is 1. The molecule has 0 spiro atoms. The van der Waals surface area contributed by atoms with Crippen molar-refractivity contribution in [2.24, 2.45) is 11.8 Å². The Morgan fingerprint density at radius 1 is 1.19 bits per heavy atom. The molecule has 2 saturated carbocycles. The number of carbonyl (C=O) groups is 1. The quantitative estimate of drug-likeness (QED) is 0.795. The molecule has 0 radical (unpaired) electrons. The predicted octanol–water partition coefficient (Wildman–Crippen LogP) is 3.44. The van der Waals surface area contributed by atoms with E-state index in [9.17, 15) is 14.3 Å². The molecule has 0 aliphatic heterocycles. The Balaban J connectivity index is 1.42. The van der Waals surface area contributed by atoms with Gasteiger partial charge in [-0.25, -0.2) is 4.39 Å². The predicted molar refractivity (Wildman–Crippen MR) is 100 cm³/mol. The van der Waals surface area contributed by atoms with Gasteiger partial charge in [0, 0.05) is 18.0 Å². The van der Waals surface area contributed by atoms with E-state index in [1.165, 1.54) is 19.2 Å². The molecule has 3 rings (SSSR count). The second-order valence-corrected chi connectivity index (χ2v) is 8.41. The maximum Gasteiger partial charge on any atom is 0.223 e. The van der Waals surface area contributed by atoms with E-state index in [0.29, 0.717) is 30.3 Å². The van der Waals surface area contributed by atoms with Crippen LogP contribution in [0.25, 0.3) is 0 Å². The summed E-state index contributed by atoms with van der Waals surface area (Å²) < 4.78 is 24.2. The first-order chi connectivity index (χ1) is 12.8. The van der Waals surface area contributed by atoms with Crippen LogP contribution in [-0.4, -0.2) is 35.9 Å². The molecule has 0 unspecified atom stereocenters. The van der Waals surface area contributed by atoms with Crippen LogP contribution in [0.2, 0.25) is 0 Å². The van der Waals surface area contributed by atoms with E-state index in [2.05, 4.69) is 5.32 Å². The fraction of sp³-hybridized carbons (Fsp3) is 0.667. The van der Waals surface area contributed by atoms with E-state index in [-0.39, 0.29) is 29.8 Å². The fourth-order valence-electron chi connectivity index (χ4n) is 4.06. The summed E-state index contributed by atoms with van der Waals surface area (Å²) >= 11 is 0. The molecule has 0 aromatic heterocycles. The highest BCUT2D eigenvalue weighted by Crippen LogP contribution is 2.37. The van der Waals surface area contributed by atoms with Crippen LogP contribution in [-0.2, 0) is 4.79 Å². The zero-order valence-corrected chi connectivity index (χ0v) is 16.3. The SMILES string of the molecule is COc1cc(F)ccc1O[C@H]1C[C@H](C(=O)N[C@H]2CC[C@H](C(C)(C)O)CC2)C1. The molecule has 2 aliphatic rings. The Bertz CT molecular complexity index is 659. The molecule has 0 heterocycles. The number of aliphatic hydroxyl groups is 1. The highest BCUT2D eigenvalue weighted by Gasteiger charge is 2.38. The first kappa shape index (κ1) is 19.9. The van der Waals surface area contributed by atoms with Crippen LogP contribution in [0.1, 0.15) is 52.4 Å². The van der Waals surface area contributed by atoms with Crippen molar-refractivity contribution >= 4 is 5.91 Å². The molecular weight excluding hydrogens is 349 g/mol. The van der Waals surface area contributed by atoms with Gasteiger partial charge in [-0.1, -0.05) is 0 Å². The third-order valence-corrected chi connectivity index (χ3v) is 5.96. The van der Waals surface area contributed by atoms with Crippen LogP contribution in [0.15, 0.2) is 18.2 Å². The van der Waals surface area contributed by atoms with Crippen molar-refractivity contribution in [1.29, 1.82) is 0 Å². The zero-order chi connectivity index (χ0) is 19.6. The van der Waals surface area contributed by atoms with E-state index < -0.39 is 5.60 Å². The maximum absolute atomic E-state index is 13.2. The van der Waals surface area contributed by atoms with Gasteiger partial charge in [-0.15, -0.1) is 0 Å². The summed E-state index contributed by atoms with van der Waals surface area (Å²) in [6, 6.07) is 4.39. The van der Waals surface area contributed by atoms with Crippen LogP contribution < -0.4 is 14.8 Å². The van der Waals surface area contributed by atoms with Crippen molar-refractivity contribution in [2.45, 2.75) is 70.1 Å². The van der Waals surface area contributed by atoms with Gasteiger partial charge in [-0.3, -0.25) is 4.79 Å². The Hall–Kier alpha value is -1.82. The third-order valence-electron chi connectivity index (χ3n) is 5.96. The number of ether oxygens (including phenoxy) is 2. The first-order valence-electron chi connectivity index (χ1n) is 9.79. The van der Waals surface area contributed by atoms with Gasteiger partial charge in [0.15, 0.2) is 11.5 Å². The smallest absolute Gasteiger partial charge is 0.223 e. The van der Waals surface area contributed by atoms with Crippen LogP contribution >= 0.6 is 0 Å². The van der Waals surface area contributed by atoms with Gasteiger partial charge in [0.1, 0.15) is 11.9 Å². The summed E-state index contributed by atoms with van der Waals surface area (Å²) in [4.78, 5) is 12.4. The number of hydrogen-bond donors (Lipinski definition) is 2. The molecule has 5 nitrogen and oxygen atoms in total. The first-order valence-corrected chi connectivity index (χ1v) is 9.79. The van der Waals surface area contributed by atoms with Crippen molar-refractivity contribution < 1.29 is 23.8 Å². The number of halogens is 1. The average molecular weight is 379 g/mol. The summed E-state index contributed by atoms with van der Waals surface area (Å²) in [6.45, 7) is 3.72. The molecule has 2 fully saturated rings. The molecule has 0 atom stereocenters. The molecule has 0 bridgehead atoms. The van der Waals surface area contributed by atoms with Crippen molar-refractivity contribution in [3.63, 3.8) is 0 Å². The lowest BCUT2D eigenvalue weighted by molar-refractivity contribution is -0.131. The summed E-state index contributed by atoms with van der Waals surface area (Å²) in [5.74, 6) is 0.863. The largest absolute Gasteiger partial charge is 0.493 e. The standard InChI is InChI=1S/C21H30FNO4/c1-21(2,25)14-4-7-16(8-5-14)23-20(24)13-10-17(11-13)27-18-9-6-15(22)12-19(18)26-3/h6,9,12-14,16-17,25H,4-5,7-8,10-11H2,1-3H3,(H,23,24)/t13-,14-,16-,17-. The molecule has 1 aromatic carbocycles. The highest BCUT2D eigenvalue weighted by molar-refractivity contribution is 5.80. The number of nitrogens with one attached hydrogen (secondary N) is 1. The third kappa shape index (κ3) is 4.92. The summed E-state index contributed by atoms with van der Waals surface area (Å²) in [7, 11) is 1.48. The number of amides is 1. The van der Waals surface area contributed by atoms with Gasteiger partial charge in [0.05, 0.1) is 12.7 Å². The van der Waals surface area contributed by atoms with Crippen molar-refractivity contribution in [1.82, 2.24) is 5.32 Å². The summed E-state index contributed by atoms with van der Waals surface area (Å²) in [5, 5.41) is 13.3. The van der Waals surface area contributed by atoms with E-state index in [1.807, 2.05) is 13.8 Å². The lowest BCUT2D eigenvalue weighted by Crippen LogP contribution is -2.48. The van der Waals surface area contributed by atoms with Gasteiger partial charge in [-0.2, -0.15) is 0 Å². The van der Waals surface area contributed by atoms with Gasteiger partial charge >= 0.3 is 0 Å². The highest BCUT2D eigenvalue weighted by atomic mass is 19.1. The fourth-order valence-corrected chi connectivity index (χ4v) is 4.06. The molecule has 150 valence electrons. The van der Waals surface area contributed by atoms with Crippen LogP contribution in [0, 0.1) is 17.7 Å². The van der Waals surface area contributed by atoms with E-state index >= 15 is 0 Å². The van der Waals surface area contributed by atoms with Crippen molar-refractivity contribution in [3.05, 3.63) is 24.0 Å². The summed E-state index contributed by atoms with van der Waals surface area (Å²) in [5.41, 5.74) is -0.644. The molecule has 2 N–H and O–H groups in total. The lowest BCUT2D eigenvalue weighted by Gasteiger charge is -2.38. The Morgan fingerprint density at radius 2 is 1.85 bits per heavy atom. The van der Waals surface area contributed by atoms with Gasteiger partial charge in [0.25, 0.3) is 0 Å². The number of hydrogen-bond acceptors (Lipinski definition) is 4. The van der Waals surface area contributed by atoms with E-state index in [4.69, 9.17) is 9.47 Å². The van der Waals surface area contributed by atoms with Gasteiger partial charge < -0.3 is 19.9 Å². The maximum atomic E-state index is 13.2. The van der Waals surface area contributed by atoms with Gasteiger partial charge in [-0.05, 0) is 70.4 Å². The Labute approximate surface area is 160 Å². The minimum atomic E-state index is -0.644. The van der Waals surface area contributed by atoms with Crippen LogP contribution in [0.3, 0.4) is 0 Å². The lowest BCUT2D eigenvalue weighted by atomic mass is 9.76. The number of rotatable bonds is 6. The second-order valence-electron chi connectivity index (χ2n) is 8.41. The second kappa shape index (κ2) is 8.05. The number of methoxy groups -OCH3 is 1. The molecule has 27 heavy (non-hydrogen) atoms. The van der Waals surface area contributed by atoms with Crippen LogP contribution in [0.5, 0.6) is 11.5 Å². The molecule has 1 amide bonds. The Morgan fingerprint density at radius 3 is 2.44 bits per heavy atom.